The minimum absolute atomic E-state index is 0.0667. The van der Waals surface area contributed by atoms with Gasteiger partial charge in [0, 0.05) is 4.88 Å². The smallest absolute Gasteiger partial charge is 0.297 e. The Morgan fingerprint density at radius 1 is 1.10 bits per heavy atom. The summed E-state index contributed by atoms with van der Waals surface area (Å²) in [5.41, 5.74) is 2.13. The molecule has 1 atom stereocenters. The van der Waals surface area contributed by atoms with E-state index in [-0.39, 0.29) is 17.1 Å². The summed E-state index contributed by atoms with van der Waals surface area (Å²) >= 11 is 1.42. The quantitative estimate of drug-likeness (QED) is 0.485. The second-order valence-electron chi connectivity index (χ2n) is 7.16. The fourth-order valence-electron chi connectivity index (χ4n) is 3.80. The van der Waals surface area contributed by atoms with Gasteiger partial charge in [-0.2, -0.15) is 0 Å². The van der Waals surface area contributed by atoms with Crippen molar-refractivity contribution >= 4 is 33.3 Å². The van der Waals surface area contributed by atoms with Gasteiger partial charge in [-0.05, 0) is 43.7 Å². The second kappa shape index (κ2) is 6.81. The standard InChI is InChI=1S/C23H18N2O4S/c1-12-13(2)30-23(24-12)25-19(14-7-6-8-15(11-14)28-3)18-20(26)16-9-4-5-10-17(16)29-21(18)22(25)27/h4-11,19H,1-3H3/t19-/m1/s1. The Morgan fingerprint density at radius 2 is 1.90 bits per heavy atom. The van der Waals surface area contributed by atoms with Crippen LogP contribution in [0.25, 0.3) is 11.0 Å². The van der Waals surface area contributed by atoms with Crippen molar-refractivity contribution in [3.63, 3.8) is 0 Å². The van der Waals surface area contributed by atoms with Crippen LogP contribution in [0.1, 0.15) is 38.3 Å². The first-order valence-corrected chi connectivity index (χ1v) is 10.3. The Balaban J connectivity index is 1.82. The molecule has 0 fully saturated rings. The zero-order valence-corrected chi connectivity index (χ0v) is 17.4. The number of benzene rings is 2. The molecule has 0 spiro atoms. The van der Waals surface area contributed by atoms with Gasteiger partial charge in [0.2, 0.25) is 5.76 Å². The third-order valence-corrected chi connectivity index (χ3v) is 6.48. The Morgan fingerprint density at radius 3 is 2.63 bits per heavy atom. The molecular formula is C23H18N2O4S. The van der Waals surface area contributed by atoms with E-state index in [0.29, 0.717) is 27.4 Å². The molecule has 5 rings (SSSR count). The molecule has 3 heterocycles. The minimum Gasteiger partial charge on any atom is -0.497 e. The monoisotopic (exact) mass is 418 g/mol. The number of para-hydroxylation sites is 1. The molecule has 1 amide bonds. The highest BCUT2D eigenvalue weighted by molar-refractivity contribution is 7.15. The number of rotatable bonds is 3. The van der Waals surface area contributed by atoms with Crippen LogP contribution in [0, 0.1) is 13.8 Å². The normalized spacial score (nSPS) is 15.6. The van der Waals surface area contributed by atoms with Gasteiger partial charge < -0.3 is 9.15 Å². The number of carbonyl (C=O) groups excluding carboxylic acids is 1. The highest BCUT2D eigenvalue weighted by Crippen LogP contribution is 2.43. The third kappa shape index (κ3) is 2.66. The summed E-state index contributed by atoms with van der Waals surface area (Å²) in [6.45, 7) is 3.86. The predicted molar refractivity (Wildman–Crippen MR) is 116 cm³/mol. The zero-order valence-electron chi connectivity index (χ0n) is 16.6. The molecule has 0 saturated carbocycles. The number of hydrogen-bond donors (Lipinski definition) is 0. The summed E-state index contributed by atoms with van der Waals surface area (Å²) in [6, 6.07) is 13.7. The van der Waals surface area contributed by atoms with Crippen LogP contribution >= 0.6 is 11.3 Å². The molecular weight excluding hydrogens is 400 g/mol. The number of nitrogens with zero attached hydrogens (tertiary/aromatic N) is 2. The van der Waals surface area contributed by atoms with E-state index in [0.717, 1.165) is 16.1 Å². The number of aromatic nitrogens is 1. The van der Waals surface area contributed by atoms with Gasteiger partial charge in [0.25, 0.3) is 5.91 Å². The summed E-state index contributed by atoms with van der Waals surface area (Å²) in [7, 11) is 1.58. The molecule has 30 heavy (non-hydrogen) atoms. The van der Waals surface area contributed by atoms with Gasteiger partial charge in [-0.1, -0.05) is 24.3 Å². The van der Waals surface area contributed by atoms with Crippen molar-refractivity contribution in [2.24, 2.45) is 0 Å². The number of fused-ring (bicyclic) bond motifs is 2. The Kier molecular flexibility index (Phi) is 4.22. The van der Waals surface area contributed by atoms with Crippen molar-refractivity contribution in [2.45, 2.75) is 19.9 Å². The van der Waals surface area contributed by atoms with Gasteiger partial charge in [0.1, 0.15) is 11.3 Å². The van der Waals surface area contributed by atoms with Crippen molar-refractivity contribution in [1.29, 1.82) is 0 Å². The molecule has 1 aliphatic heterocycles. The summed E-state index contributed by atoms with van der Waals surface area (Å²) in [6.07, 6.45) is 0. The molecule has 0 bridgehead atoms. The van der Waals surface area contributed by atoms with Crippen LogP contribution in [-0.4, -0.2) is 18.0 Å². The van der Waals surface area contributed by atoms with Crippen molar-refractivity contribution in [3.05, 3.63) is 86.2 Å². The van der Waals surface area contributed by atoms with Crippen molar-refractivity contribution < 1.29 is 13.9 Å². The van der Waals surface area contributed by atoms with Crippen LogP contribution in [0.15, 0.2) is 57.7 Å². The van der Waals surface area contributed by atoms with E-state index in [9.17, 15) is 9.59 Å². The topological polar surface area (TPSA) is 72.6 Å². The van der Waals surface area contributed by atoms with Crippen molar-refractivity contribution in [2.75, 3.05) is 12.0 Å². The van der Waals surface area contributed by atoms with E-state index in [4.69, 9.17) is 9.15 Å². The molecule has 2 aromatic heterocycles. The molecule has 0 radical (unpaired) electrons. The van der Waals surface area contributed by atoms with Crippen molar-refractivity contribution in [1.82, 2.24) is 4.98 Å². The summed E-state index contributed by atoms with van der Waals surface area (Å²) in [5, 5.41) is 0.989. The first-order valence-electron chi connectivity index (χ1n) is 9.47. The number of thiazole rings is 1. The maximum atomic E-state index is 13.5. The van der Waals surface area contributed by atoms with Gasteiger partial charge in [-0.25, -0.2) is 4.98 Å². The maximum Gasteiger partial charge on any atom is 0.297 e. The minimum atomic E-state index is -0.645. The van der Waals surface area contributed by atoms with Crippen LogP contribution in [0.5, 0.6) is 5.75 Å². The van der Waals surface area contributed by atoms with Gasteiger partial charge >= 0.3 is 0 Å². The molecule has 0 saturated heterocycles. The molecule has 2 aromatic carbocycles. The maximum absolute atomic E-state index is 13.5. The number of carbonyl (C=O) groups is 1. The fourth-order valence-corrected chi connectivity index (χ4v) is 4.74. The van der Waals surface area contributed by atoms with E-state index in [2.05, 4.69) is 4.98 Å². The third-order valence-electron chi connectivity index (χ3n) is 5.41. The average molecular weight is 418 g/mol. The summed E-state index contributed by atoms with van der Waals surface area (Å²) < 4.78 is 11.3. The largest absolute Gasteiger partial charge is 0.497 e. The van der Waals surface area contributed by atoms with Gasteiger partial charge in [-0.15, -0.1) is 11.3 Å². The van der Waals surface area contributed by atoms with E-state index >= 15 is 0 Å². The molecule has 150 valence electrons. The second-order valence-corrected chi connectivity index (χ2v) is 8.34. The van der Waals surface area contributed by atoms with Crippen LogP contribution in [0.3, 0.4) is 0 Å². The highest BCUT2D eigenvalue weighted by Gasteiger charge is 2.45. The fraction of sp³-hybridized carbons (Fsp3) is 0.174. The van der Waals surface area contributed by atoms with E-state index in [1.807, 2.05) is 38.1 Å². The average Bonchev–Trinajstić information content (AvgIpc) is 3.24. The molecule has 6 nitrogen and oxygen atoms in total. The molecule has 4 aromatic rings. The number of ether oxygens (including phenoxy) is 1. The number of amides is 1. The Labute approximate surface area is 176 Å². The first-order chi connectivity index (χ1) is 14.5. The molecule has 0 aliphatic carbocycles. The lowest BCUT2D eigenvalue weighted by Gasteiger charge is -2.22. The summed E-state index contributed by atoms with van der Waals surface area (Å²) in [5.74, 6) is 0.344. The zero-order chi connectivity index (χ0) is 21.0. The molecule has 0 unspecified atom stereocenters. The molecule has 7 heteroatoms. The Hall–Kier alpha value is -3.45. The van der Waals surface area contributed by atoms with Crippen LogP contribution in [0.4, 0.5) is 5.13 Å². The van der Waals surface area contributed by atoms with Crippen LogP contribution in [0.2, 0.25) is 0 Å². The van der Waals surface area contributed by atoms with Gasteiger partial charge in [0.15, 0.2) is 10.6 Å². The lowest BCUT2D eigenvalue weighted by molar-refractivity contribution is 0.0971. The number of methoxy groups -OCH3 is 1. The van der Waals surface area contributed by atoms with Crippen molar-refractivity contribution in [3.8, 4) is 5.75 Å². The lowest BCUT2D eigenvalue weighted by Crippen LogP contribution is -2.29. The van der Waals surface area contributed by atoms with E-state index in [1.165, 1.54) is 11.3 Å². The first kappa shape index (κ1) is 18.6. The number of hydrogen-bond acceptors (Lipinski definition) is 6. The molecule has 0 N–H and O–H groups in total. The predicted octanol–water partition coefficient (Wildman–Crippen LogP) is 4.62. The van der Waals surface area contributed by atoms with Crippen LogP contribution < -0.4 is 15.1 Å². The number of aryl methyl sites for hydroxylation is 2. The van der Waals surface area contributed by atoms with Gasteiger partial charge in [0.05, 0.1) is 29.8 Å². The van der Waals surface area contributed by atoms with E-state index in [1.54, 1.807) is 36.3 Å². The molecule has 1 aliphatic rings. The van der Waals surface area contributed by atoms with E-state index < -0.39 is 6.04 Å². The lowest BCUT2D eigenvalue weighted by atomic mass is 9.98. The summed E-state index contributed by atoms with van der Waals surface area (Å²) in [4.78, 5) is 34.1. The van der Waals surface area contributed by atoms with Crippen LogP contribution in [-0.2, 0) is 0 Å². The SMILES string of the molecule is COc1cccc([C@@H]2c3c(oc4ccccc4c3=O)C(=O)N2c2nc(C)c(C)s2)c1. The number of anilines is 1. The highest BCUT2D eigenvalue weighted by atomic mass is 32.1. The Bertz CT molecular complexity index is 1350. The van der Waals surface area contributed by atoms with Gasteiger partial charge in [-0.3, -0.25) is 14.5 Å².